The van der Waals surface area contributed by atoms with Crippen LogP contribution in [-0.2, 0) is 6.54 Å². The fourth-order valence-corrected chi connectivity index (χ4v) is 3.62. The molecule has 4 nitrogen and oxygen atoms in total. The van der Waals surface area contributed by atoms with Gasteiger partial charge >= 0.3 is 0 Å². The van der Waals surface area contributed by atoms with Crippen molar-refractivity contribution in [2.75, 3.05) is 14.2 Å². The van der Waals surface area contributed by atoms with Crippen LogP contribution in [0.25, 0.3) is 21.7 Å². The van der Waals surface area contributed by atoms with Crippen molar-refractivity contribution in [3.8, 4) is 11.5 Å². The lowest BCUT2D eigenvalue weighted by molar-refractivity contribution is 0.356. The highest BCUT2D eigenvalue weighted by Gasteiger charge is 2.11. The fourth-order valence-electron chi connectivity index (χ4n) is 3.62. The van der Waals surface area contributed by atoms with Gasteiger partial charge < -0.3 is 19.8 Å². The molecule has 0 bridgehead atoms. The molecule has 1 unspecified atom stereocenters. The molecule has 4 aromatic rings. The summed E-state index contributed by atoms with van der Waals surface area (Å²) in [7, 11) is 3.31. The predicted molar refractivity (Wildman–Crippen MR) is 118 cm³/mol. The Balaban J connectivity index is 0.00000225. The van der Waals surface area contributed by atoms with Gasteiger partial charge in [-0.25, -0.2) is 0 Å². The molecule has 2 N–H and O–H groups in total. The number of methoxy groups -OCH3 is 2. The van der Waals surface area contributed by atoms with Crippen LogP contribution in [0, 0.1) is 0 Å². The van der Waals surface area contributed by atoms with E-state index in [0.717, 1.165) is 34.6 Å². The first-order chi connectivity index (χ1) is 13.2. The molecule has 1 heterocycles. The van der Waals surface area contributed by atoms with Crippen molar-refractivity contribution in [2.45, 2.75) is 19.5 Å². The van der Waals surface area contributed by atoms with Gasteiger partial charge in [0.1, 0.15) is 0 Å². The molecular formula is C23H25ClN2O2. The SMILES string of the molecule is COc1cc2cc(CNC(C)c3cccc4ccccc34)[nH]c2cc1OC.Cl. The predicted octanol–water partition coefficient (Wildman–Crippen LogP) is 5.61. The van der Waals surface area contributed by atoms with Gasteiger partial charge in [-0.3, -0.25) is 0 Å². The highest BCUT2D eigenvalue weighted by atomic mass is 35.5. The van der Waals surface area contributed by atoms with Crippen molar-refractivity contribution in [1.82, 2.24) is 10.3 Å². The Morgan fingerprint density at radius 1 is 0.893 bits per heavy atom. The van der Waals surface area contributed by atoms with E-state index in [1.807, 2.05) is 12.1 Å². The molecule has 0 amide bonds. The molecular weight excluding hydrogens is 372 g/mol. The van der Waals surface area contributed by atoms with Crippen LogP contribution in [0.5, 0.6) is 11.5 Å². The van der Waals surface area contributed by atoms with Crippen LogP contribution in [0.15, 0.2) is 60.7 Å². The van der Waals surface area contributed by atoms with Gasteiger partial charge in [0, 0.05) is 35.2 Å². The number of halogens is 1. The summed E-state index contributed by atoms with van der Waals surface area (Å²) in [6.45, 7) is 2.96. The zero-order valence-electron chi connectivity index (χ0n) is 16.3. The topological polar surface area (TPSA) is 46.3 Å². The first kappa shape index (κ1) is 20.1. The third-order valence-corrected chi connectivity index (χ3v) is 5.07. The molecule has 5 heteroatoms. The number of aromatic amines is 1. The van der Waals surface area contributed by atoms with Gasteiger partial charge in [-0.05, 0) is 35.4 Å². The van der Waals surface area contributed by atoms with Crippen LogP contribution in [0.2, 0.25) is 0 Å². The van der Waals surface area contributed by atoms with Crippen LogP contribution in [0.4, 0.5) is 0 Å². The van der Waals surface area contributed by atoms with E-state index in [4.69, 9.17) is 9.47 Å². The van der Waals surface area contributed by atoms with Crippen molar-refractivity contribution < 1.29 is 9.47 Å². The Hall–Kier alpha value is -2.69. The van der Waals surface area contributed by atoms with E-state index in [9.17, 15) is 0 Å². The Labute approximate surface area is 171 Å². The molecule has 0 saturated carbocycles. The number of aromatic nitrogens is 1. The van der Waals surface area contributed by atoms with Crippen molar-refractivity contribution in [3.05, 3.63) is 71.9 Å². The lowest BCUT2D eigenvalue weighted by atomic mass is 10.00. The van der Waals surface area contributed by atoms with Crippen molar-refractivity contribution in [1.29, 1.82) is 0 Å². The first-order valence-electron chi connectivity index (χ1n) is 9.14. The van der Waals surface area contributed by atoms with E-state index in [2.05, 4.69) is 65.8 Å². The molecule has 28 heavy (non-hydrogen) atoms. The molecule has 0 radical (unpaired) electrons. The second-order valence-electron chi connectivity index (χ2n) is 6.76. The van der Waals surface area contributed by atoms with Crippen LogP contribution in [0.3, 0.4) is 0 Å². The summed E-state index contributed by atoms with van der Waals surface area (Å²) in [6, 6.07) is 21.4. The average molecular weight is 397 g/mol. The van der Waals surface area contributed by atoms with E-state index < -0.39 is 0 Å². The van der Waals surface area contributed by atoms with E-state index in [1.165, 1.54) is 16.3 Å². The van der Waals surface area contributed by atoms with Gasteiger partial charge in [-0.15, -0.1) is 12.4 Å². The molecule has 0 fully saturated rings. The van der Waals surface area contributed by atoms with Gasteiger partial charge in [0.2, 0.25) is 0 Å². The molecule has 1 atom stereocenters. The minimum Gasteiger partial charge on any atom is -0.493 e. The van der Waals surface area contributed by atoms with E-state index >= 15 is 0 Å². The summed E-state index contributed by atoms with van der Waals surface area (Å²) >= 11 is 0. The van der Waals surface area contributed by atoms with Crippen LogP contribution < -0.4 is 14.8 Å². The number of fused-ring (bicyclic) bond motifs is 2. The monoisotopic (exact) mass is 396 g/mol. The van der Waals surface area contributed by atoms with E-state index in [0.29, 0.717) is 0 Å². The van der Waals surface area contributed by atoms with Crippen molar-refractivity contribution in [3.63, 3.8) is 0 Å². The standard InChI is InChI=1S/C23H24N2O2.ClH/c1-15(19-10-6-8-16-7-4-5-9-20(16)19)24-14-18-11-17-12-22(26-2)23(27-3)13-21(17)25-18;/h4-13,15,24-25H,14H2,1-3H3;1H. The maximum Gasteiger partial charge on any atom is 0.162 e. The van der Waals surface area contributed by atoms with Gasteiger partial charge in [-0.2, -0.15) is 0 Å². The summed E-state index contributed by atoms with van der Waals surface area (Å²) in [5, 5.41) is 7.31. The summed E-state index contributed by atoms with van der Waals surface area (Å²) < 4.78 is 10.8. The van der Waals surface area contributed by atoms with Gasteiger partial charge in [-0.1, -0.05) is 42.5 Å². The molecule has 0 aliphatic heterocycles. The zero-order valence-corrected chi connectivity index (χ0v) is 17.1. The largest absolute Gasteiger partial charge is 0.493 e. The zero-order chi connectivity index (χ0) is 18.8. The molecule has 0 saturated heterocycles. The lowest BCUT2D eigenvalue weighted by Crippen LogP contribution is -2.18. The Bertz CT molecular complexity index is 1040. The molecule has 0 aliphatic rings. The number of benzene rings is 3. The maximum atomic E-state index is 5.40. The summed E-state index contributed by atoms with van der Waals surface area (Å²) in [4.78, 5) is 3.47. The minimum atomic E-state index is 0. The van der Waals surface area contributed by atoms with Crippen LogP contribution >= 0.6 is 12.4 Å². The maximum absolute atomic E-state index is 5.40. The van der Waals surface area contributed by atoms with Gasteiger partial charge in [0.15, 0.2) is 11.5 Å². The van der Waals surface area contributed by atoms with Crippen molar-refractivity contribution in [2.24, 2.45) is 0 Å². The minimum absolute atomic E-state index is 0. The highest BCUT2D eigenvalue weighted by Crippen LogP contribution is 2.32. The Kier molecular flexibility index (Phi) is 6.12. The lowest BCUT2D eigenvalue weighted by Gasteiger charge is -2.16. The Morgan fingerprint density at radius 3 is 2.39 bits per heavy atom. The number of H-pyrrole nitrogens is 1. The number of rotatable bonds is 6. The summed E-state index contributed by atoms with van der Waals surface area (Å²) in [6.07, 6.45) is 0. The van der Waals surface area contributed by atoms with E-state index in [-0.39, 0.29) is 18.4 Å². The number of ether oxygens (including phenoxy) is 2. The van der Waals surface area contributed by atoms with E-state index in [1.54, 1.807) is 14.2 Å². The second-order valence-corrected chi connectivity index (χ2v) is 6.76. The molecule has 3 aromatic carbocycles. The fraction of sp³-hybridized carbons (Fsp3) is 0.217. The average Bonchev–Trinajstić information content (AvgIpc) is 3.12. The summed E-state index contributed by atoms with van der Waals surface area (Å²) in [5.74, 6) is 1.48. The molecule has 146 valence electrons. The van der Waals surface area contributed by atoms with Gasteiger partial charge in [0.05, 0.1) is 14.2 Å². The second kappa shape index (κ2) is 8.55. The van der Waals surface area contributed by atoms with Gasteiger partial charge in [0.25, 0.3) is 0 Å². The number of nitrogens with one attached hydrogen (secondary N) is 2. The quantitative estimate of drug-likeness (QED) is 0.445. The normalized spacial score (nSPS) is 12.0. The third kappa shape index (κ3) is 3.79. The molecule has 0 spiro atoms. The third-order valence-electron chi connectivity index (χ3n) is 5.07. The van der Waals surface area contributed by atoms with Crippen LogP contribution in [-0.4, -0.2) is 19.2 Å². The number of hydrogen-bond acceptors (Lipinski definition) is 3. The summed E-state index contributed by atoms with van der Waals surface area (Å²) in [5.41, 5.74) is 3.49. The molecule has 4 rings (SSSR count). The number of hydrogen-bond donors (Lipinski definition) is 2. The first-order valence-corrected chi connectivity index (χ1v) is 9.14. The molecule has 0 aliphatic carbocycles. The molecule has 1 aromatic heterocycles. The highest BCUT2D eigenvalue weighted by molar-refractivity contribution is 5.86. The smallest absolute Gasteiger partial charge is 0.162 e. The van der Waals surface area contributed by atoms with Crippen LogP contribution in [0.1, 0.15) is 24.2 Å². The van der Waals surface area contributed by atoms with Crippen molar-refractivity contribution >= 4 is 34.1 Å². The Morgan fingerprint density at radius 2 is 1.61 bits per heavy atom.